The third-order valence-corrected chi connectivity index (χ3v) is 3.60. The maximum Gasteiger partial charge on any atom is 0.198 e. The number of aromatic nitrogens is 1. The van der Waals surface area contributed by atoms with Crippen molar-refractivity contribution in [2.24, 2.45) is 0 Å². The van der Waals surface area contributed by atoms with Crippen LogP contribution in [0.5, 0.6) is 0 Å². The molecule has 1 aromatic heterocycles. The Hall–Kier alpha value is -1.55. The van der Waals surface area contributed by atoms with Gasteiger partial charge < -0.3 is 9.52 Å². The van der Waals surface area contributed by atoms with Crippen molar-refractivity contribution in [3.05, 3.63) is 64.0 Å². The zero-order valence-electron chi connectivity index (χ0n) is 10.4. The topological polar surface area (TPSA) is 46.3 Å². The minimum absolute atomic E-state index is 0.245. The Morgan fingerprint density at radius 3 is 2.75 bits per heavy atom. The molecule has 0 aliphatic rings. The molecule has 0 amide bonds. The van der Waals surface area contributed by atoms with Crippen LogP contribution in [0.15, 0.2) is 46.9 Å². The summed E-state index contributed by atoms with van der Waals surface area (Å²) >= 11 is 12.0. The normalized spacial score (nSPS) is 12.8. The first kappa shape index (κ1) is 13.4. The van der Waals surface area contributed by atoms with Crippen LogP contribution in [-0.2, 0) is 6.42 Å². The molecule has 1 atom stereocenters. The van der Waals surface area contributed by atoms with Gasteiger partial charge in [-0.05, 0) is 30.3 Å². The van der Waals surface area contributed by atoms with E-state index in [2.05, 4.69) is 4.98 Å². The van der Waals surface area contributed by atoms with E-state index in [1.165, 1.54) is 0 Å². The molecule has 0 radical (unpaired) electrons. The zero-order valence-corrected chi connectivity index (χ0v) is 11.9. The molecule has 0 aliphatic carbocycles. The Morgan fingerprint density at radius 2 is 1.95 bits per heavy atom. The van der Waals surface area contributed by atoms with E-state index in [0.717, 1.165) is 5.52 Å². The van der Waals surface area contributed by atoms with Crippen LogP contribution in [0.25, 0.3) is 11.1 Å². The van der Waals surface area contributed by atoms with Gasteiger partial charge in [0.1, 0.15) is 5.52 Å². The number of nitrogens with zero attached hydrogens (tertiary/aromatic N) is 1. The van der Waals surface area contributed by atoms with Crippen molar-refractivity contribution in [2.45, 2.75) is 12.5 Å². The smallest absolute Gasteiger partial charge is 0.198 e. The first-order valence-electron chi connectivity index (χ1n) is 6.11. The molecule has 1 unspecified atom stereocenters. The standard InChI is InChI=1S/C15H11Cl2NO2/c16-9-5-6-11(17)10(7-9)13(19)8-15-18-12-3-1-2-4-14(12)20-15/h1-7,13,19H,8H2. The van der Waals surface area contributed by atoms with E-state index in [4.69, 9.17) is 27.6 Å². The average Bonchev–Trinajstić information content (AvgIpc) is 2.83. The molecule has 3 aromatic rings. The molecule has 102 valence electrons. The van der Waals surface area contributed by atoms with Crippen molar-refractivity contribution in [3.8, 4) is 0 Å². The number of oxazole rings is 1. The van der Waals surface area contributed by atoms with Crippen molar-refractivity contribution in [1.82, 2.24) is 4.98 Å². The molecule has 0 saturated carbocycles. The van der Waals surface area contributed by atoms with Gasteiger partial charge in [-0.15, -0.1) is 0 Å². The maximum atomic E-state index is 10.3. The van der Waals surface area contributed by atoms with Gasteiger partial charge in [-0.3, -0.25) is 0 Å². The first-order chi connectivity index (χ1) is 9.63. The monoisotopic (exact) mass is 307 g/mol. The Labute approximate surface area is 125 Å². The van der Waals surface area contributed by atoms with Gasteiger partial charge in [-0.25, -0.2) is 4.98 Å². The molecule has 1 heterocycles. The van der Waals surface area contributed by atoms with Crippen molar-refractivity contribution in [1.29, 1.82) is 0 Å². The van der Waals surface area contributed by atoms with E-state index in [-0.39, 0.29) is 6.42 Å². The number of hydrogen-bond acceptors (Lipinski definition) is 3. The van der Waals surface area contributed by atoms with Crippen molar-refractivity contribution in [3.63, 3.8) is 0 Å². The van der Waals surface area contributed by atoms with Crippen molar-refractivity contribution < 1.29 is 9.52 Å². The molecule has 1 N–H and O–H groups in total. The Bertz CT molecular complexity index is 721. The zero-order chi connectivity index (χ0) is 14.1. The molecule has 5 heteroatoms. The lowest BCUT2D eigenvalue weighted by molar-refractivity contribution is 0.169. The van der Waals surface area contributed by atoms with Crippen molar-refractivity contribution in [2.75, 3.05) is 0 Å². The number of aliphatic hydroxyl groups excluding tert-OH is 1. The number of para-hydroxylation sites is 2. The van der Waals surface area contributed by atoms with Crippen molar-refractivity contribution >= 4 is 34.3 Å². The second-order valence-electron chi connectivity index (χ2n) is 4.46. The number of aliphatic hydroxyl groups is 1. The second kappa shape index (κ2) is 5.44. The molecule has 0 bridgehead atoms. The van der Waals surface area contributed by atoms with Crippen LogP contribution >= 0.6 is 23.2 Å². The van der Waals surface area contributed by atoms with Gasteiger partial charge in [0.15, 0.2) is 11.5 Å². The minimum Gasteiger partial charge on any atom is -0.441 e. The lowest BCUT2D eigenvalue weighted by atomic mass is 10.1. The SMILES string of the molecule is OC(Cc1nc2ccccc2o1)c1cc(Cl)ccc1Cl. The highest BCUT2D eigenvalue weighted by molar-refractivity contribution is 6.33. The van der Waals surface area contributed by atoms with Gasteiger partial charge >= 0.3 is 0 Å². The summed E-state index contributed by atoms with van der Waals surface area (Å²) in [6.45, 7) is 0. The van der Waals surface area contributed by atoms with Gasteiger partial charge in [-0.2, -0.15) is 0 Å². The highest BCUT2D eigenvalue weighted by Gasteiger charge is 2.16. The molecular formula is C15H11Cl2NO2. The quantitative estimate of drug-likeness (QED) is 0.779. The fourth-order valence-corrected chi connectivity index (χ4v) is 2.48. The molecule has 0 spiro atoms. The van der Waals surface area contributed by atoms with Crippen LogP contribution in [0.3, 0.4) is 0 Å². The van der Waals surface area contributed by atoms with Gasteiger partial charge in [0.05, 0.1) is 12.5 Å². The summed E-state index contributed by atoms with van der Waals surface area (Å²) in [6, 6.07) is 12.5. The summed E-state index contributed by atoms with van der Waals surface area (Å²) in [6.07, 6.45) is -0.566. The number of benzene rings is 2. The van der Waals surface area contributed by atoms with E-state index >= 15 is 0 Å². The second-order valence-corrected chi connectivity index (χ2v) is 5.30. The molecular weight excluding hydrogens is 297 g/mol. The number of hydrogen-bond donors (Lipinski definition) is 1. The largest absolute Gasteiger partial charge is 0.441 e. The summed E-state index contributed by atoms with van der Waals surface area (Å²) in [5.41, 5.74) is 2.04. The lowest BCUT2D eigenvalue weighted by Gasteiger charge is -2.11. The molecule has 0 aliphatic heterocycles. The lowest BCUT2D eigenvalue weighted by Crippen LogP contribution is -2.02. The highest BCUT2D eigenvalue weighted by Crippen LogP contribution is 2.29. The summed E-state index contributed by atoms with van der Waals surface area (Å²) < 4.78 is 5.58. The minimum atomic E-state index is -0.811. The Morgan fingerprint density at radius 1 is 1.15 bits per heavy atom. The molecule has 2 aromatic carbocycles. The Kier molecular flexibility index (Phi) is 3.66. The number of fused-ring (bicyclic) bond motifs is 1. The predicted molar refractivity (Wildman–Crippen MR) is 79.1 cm³/mol. The maximum absolute atomic E-state index is 10.3. The van der Waals surface area contributed by atoms with Crippen LogP contribution in [0.4, 0.5) is 0 Å². The van der Waals surface area contributed by atoms with Crippen LogP contribution in [0.1, 0.15) is 17.6 Å². The Balaban J connectivity index is 1.88. The summed E-state index contributed by atoms with van der Waals surface area (Å²) in [5.74, 6) is 0.467. The van der Waals surface area contributed by atoms with E-state index in [1.54, 1.807) is 18.2 Å². The average molecular weight is 308 g/mol. The van der Waals surface area contributed by atoms with E-state index < -0.39 is 6.10 Å². The fraction of sp³-hybridized carbons (Fsp3) is 0.133. The van der Waals surface area contributed by atoms with E-state index in [9.17, 15) is 5.11 Å². The summed E-state index contributed by atoms with van der Waals surface area (Å²) in [4.78, 5) is 4.33. The van der Waals surface area contributed by atoms with Crippen LogP contribution in [0.2, 0.25) is 10.0 Å². The molecule has 20 heavy (non-hydrogen) atoms. The van der Waals surface area contributed by atoms with Crippen LogP contribution in [0, 0.1) is 0 Å². The number of halogens is 2. The van der Waals surface area contributed by atoms with Crippen LogP contribution in [-0.4, -0.2) is 10.1 Å². The molecule has 0 fully saturated rings. The van der Waals surface area contributed by atoms with E-state index in [1.807, 2.05) is 24.3 Å². The summed E-state index contributed by atoms with van der Waals surface area (Å²) in [7, 11) is 0. The molecule has 0 saturated heterocycles. The third kappa shape index (κ3) is 2.66. The van der Waals surface area contributed by atoms with Gasteiger partial charge in [0.2, 0.25) is 0 Å². The van der Waals surface area contributed by atoms with Gasteiger partial charge in [0.25, 0.3) is 0 Å². The number of rotatable bonds is 3. The summed E-state index contributed by atoms with van der Waals surface area (Å²) in [5, 5.41) is 11.3. The van der Waals surface area contributed by atoms with E-state index in [0.29, 0.717) is 27.1 Å². The first-order valence-corrected chi connectivity index (χ1v) is 6.86. The van der Waals surface area contributed by atoms with Crippen LogP contribution < -0.4 is 0 Å². The van der Waals surface area contributed by atoms with Gasteiger partial charge in [-0.1, -0.05) is 35.3 Å². The molecule has 3 nitrogen and oxygen atoms in total. The van der Waals surface area contributed by atoms with Gasteiger partial charge in [0, 0.05) is 15.6 Å². The highest BCUT2D eigenvalue weighted by atomic mass is 35.5. The third-order valence-electron chi connectivity index (χ3n) is 3.02. The fourth-order valence-electron chi connectivity index (χ4n) is 2.05. The predicted octanol–water partition coefficient (Wildman–Crippen LogP) is 4.41. The molecule has 3 rings (SSSR count).